The predicted octanol–water partition coefficient (Wildman–Crippen LogP) is 1.50. The highest BCUT2D eigenvalue weighted by molar-refractivity contribution is 6.31. The fourth-order valence-electron chi connectivity index (χ4n) is 2.11. The Bertz CT molecular complexity index is 634. The Morgan fingerprint density at radius 2 is 2.17 bits per heavy atom. The van der Waals surface area contributed by atoms with E-state index in [2.05, 4.69) is 10.6 Å². The lowest BCUT2D eigenvalue weighted by atomic mass is 10.2. The lowest BCUT2D eigenvalue weighted by Gasteiger charge is -2.17. The van der Waals surface area contributed by atoms with Crippen molar-refractivity contribution < 1.29 is 23.9 Å². The molecule has 0 spiro atoms. The van der Waals surface area contributed by atoms with E-state index in [1.165, 1.54) is 20.1 Å². The van der Waals surface area contributed by atoms with Crippen LogP contribution in [0.4, 0.5) is 5.69 Å². The molecule has 1 aliphatic rings. The minimum absolute atomic E-state index is 0.201. The molecule has 0 aromatic heterocycles. The van der Waals surface area contributed by atoms with Crippen molar-refractivity contribution in [2.75, 3.05) is 12.4 Å². The maximum atomic E-state index is 12.1. The molecule has 0 aliphatic carbocycles. The number of amides is 2. The number of carbonyl (C=O) groups excluding carboxylic acids is 3. The van der Waals surface area contributed by atoms with Crippen molar-refractivity contribution in [3.63, 3.8) is 0 Å². The average molecular weight is 341 g/mol. The van der Waals surface area contributed by atoms with Gasteiger partial charge in [0.1, 0.15) is 11.8 Å². The Morgan fingerprint density at radius 3 is 2.78 bits per heavy atom. The first-order valence-electron chi connectivity index (χ1n) is 7.05. The summed E-state index contributed by atoms with van der Waals surface area (Å²) in [5, 5.41) is 5.51. The predicted molar refractivity (Wildman–Crippen MR) is 83.4 cm³/mol. The summed E-state index contributed by atoms with van der Waals surface area (Å²) in [5.74, 6) is -0.920. The minimum Gasteiger partial charge on any atom is -0.495 e. The lowest BCUT2D eigenvalue weighted by molar-refractivity contribution is -0.155. The molecule has 1 fully saturated rings. The number of ether oxygens (including phenoxy) is 2. The molecule has 2 atom stereocenters. The van der Waals surface area contributed by atoms with Gasteiger partial charge in [-0.15, -0.1) is 0 Å². The van der Waals surface area contributed by atoms with E-state index in [0.717, 1.165) is 0 Å². The second-order valence-corrected chi connectivity index (χ2v) is 5.51. The standard InChI is InChI=1S/C15H17ClN2O5/c1-8(23-15(21)10-4-6-13(19)17-10)14(20)18-11-7-9(16)3-5-12(11)22-2/h3,5,7-8,10H,4,6H2,1-2H3,(H,17,19)(H,18,20)/t8-,10+/m0/s1. The molecule has 1 saturated heterocycles. The summed E-state index contributed by atoms with van der Waals surface area (Å²) in [6.07, 6.45) is -0.377. The number of anilines is 1. The van der Waals surface area contributed by atoms with Crippen LogP contribution in [0.2, 0.25) is 5.02 Å². The van der Waals surface area contributed by atoms with Crippen molar-refractivity contribution in [2.24, 2.45) is 0 Å². The van der Waals surface area contributed by atoms with Crippen molar-refractivity contribution >= 4 is 35.1 Å². The smallest absolute Gasteiger partial charge is 0.329 e. The summed E-state index contributed by atoms with van der Waals surface area (Å²) in [6, 6.07) is 4.08. The molecule has 0 unspecified atom stereocenters. The van der Waals surface area contributed by atoms with Crippen LogP contribution in [-0.4, -0.2) is 37.0 Å². The van der Waals surface area contributed by atoms with Crippen molar-refractivity contribution in [2.45, 2.75) is 31.9 Å². The number of esters is 1. The largest absolute Gasteiger partial charge is 0.495 e. The van der Waals surface area contributed by atoms with Gasteiger partial charge in [-0.2, -0.15) is 0 Å². The first kappa shape index (κ1) is 17.1. The number of rotatable bonds is 5. The number of hydrogen-bond donors (Lipinski definition) is 2. The molecule has 0 saturated carbocycles. The van der Waals surface area contributed by atoms with E-state index < -0.39 is 24.0 Å². The zero-order chi connectivity index (χ0) is 17.0. The molecule has 2 rings (SSSR count). The fraction of sp³-hybridized carbons (Fsp3) is 0.400. The van der Waals surface area contributed by atoms with Crippen molar-refractivity contribution in [3.8, 4) is 5.75 Å². The van der Waals surface area contributed by atoms with Crippen LogP contribution < -0.4 is 15.4 Å². The lowest BCUT2D eigenvalue weighted by Crippen LogP contribution is -2.39. The second-order valence-electron chi connectivity index (χ2n) is 5.07. The van der Waals surface area contributed by atoms with Crippen LogP contribution in [0.3, 0.4) is 0 Å². The summed E-state index contributed by atoms with van der Waals surface area (Å²) >= 11 is 5.89. The third-order valence-corrected chi connectivity index (χ3v) is 3.60. The maximum Gasteiger partial charge on any atom is 0.329 e. The Kier molecular flexibility index (Phi) is 5.44. The molecule has 8 heteroatoms. The number of hydrogen-bond acceptors (Lipinski definition) is 5. The summed E-state index contributed by atoms with van der Waals surface area (Å²) in [5.41, 5.74) is 0.377. The molecule has 124 valence electrons. The summed E-state index contributed by atoms with van der Waals surface area (Å²) in [7, 11) is 1.46. The molecule has 1 aliphatic heterocycles. The Balaban J connectivity index is 1.96. The normalized spacial score (nSPS) is 18.0. The summed E-state index contributed by atoms with van der Waals surface area (Å²) in [6.45, 7) is 1.45. The molecule has 0 bridgehead atoms. The number of carbonyl (C=O) groups is 3. The summed E-state index contributed by atoms with van der Waals surface area (Å²) < 4.78 is 10.2. The van der Waals surface area contributed by atoms with E-state index in [1.54, 1.807) is 12.1 Å². The number of nitrogens with one attached hydrogen (secondary N) is 2. The van der Waals surface area contributed by atoms with Gasteiger partial charge in [-0.1, -0.05) is 11.6 Å². The van der Waals surface area contributed by atoms with Gasteiger partial charge in [-0.25, -0.2) is 4.79 Å². The van der Waals surface area contributed by atoms with E-state index in [4.69, 9.17) is 21.1 Å². The Hall–Kier alpha value is -2.28. The molecular formula is C15H17ClN2O5. The molecule has 0 radical (unpaired) electrons. The molecule has 23 heavy (non-hydrogen) atoms. The van der Waals surface area contributed by atoms with Gasteiger partial charge in [0.2, 0.25) is 5.91 Å². The number of halogens is 1. The topological polar surface area (TPSA) is 93.7 Å². The van der Waals surface area contributed by atoms with E-state index in [0.29, 0.717) is 22.9 Å². The molecule has 7 nitrogen and oxygen atoms in total. The van der Waals surface area contributed by atoms with Gasteiger partial charge < -0.3 is 20.1 Å². The second kappa shape index (κ2) is 7.32. The van der Waals surface area contributed by atoms with Gasteiger partial charge in [0, 0.05) is 11.4 Å². The number of benzene rings is 1. The molecule has 1 aromatic rings. The Labute approximate surface area is 138 Å². The number of methoxy groups -OCH3 is 1. The third kappa shape index (κ3) is 4.35. The molecule has 1 aromatic carbocycles. The van der Waals surface area contributed by atoms with Crippen LogP contribution in [0.5, 0.6) is 5.75 Å². The molecule has 1 heterocycles. The monoisotopic (exact) mass is 340 g/mol. The third-order valence-electron chi connectivity index (χ3n) is 3.36. The van der Waals surface area contributed by atoms with E-state index in [9.17, 15) is 14.4 Å². The highest BCUT2D eigenvalue weighted by Gasteiger charge is 2.31. The van der Waals surface area contributed by atoms with Crippen LogP contribution in [0.15, 0.2) is 18.2 Å². The van der Waals surface area contributed by atoms with Gasteiger partial charge >= 0.3 is 5.97 Å². The van der Waals surface area contributed by atoms with Gasteiger partial charge in [-0.05, 0) is 31.5 Å². The zero-order valence-corrected chi connectivity index (χ0v) is 13.5. The van der Waals surface area contributed by atoms with Crippen LogP contribution >= 0.6 is 11.6 Å². The van der Waals surface area contributed by atoms with E-state index in [1.807, 2.05) is 0 Å². The van der Waals surface area contributed by atoms with Gasteiger partial charge in [0.05, 0.1) is 12.8 Å². The highest BCUT2D eigenvalue weighted by atomic mass is 35.5. The van der Waals surface area contributed by atoms with Crippen LogP contribution in [-0.2, 0) is 19.1 Å². The fourth-order valence-corrected chi connectivity index (χ4v) is 2.29. The van der Waals surface area contributed by atoms with Crippen molar-refractivity contribution in [1.82, 2.24) is 5.32 Å². The Morgan fingerprint density at radius 1 is 1.43 bits per heavy atom. The van der Waals surface area contributed by atoms with E-state index >= 15 is 0 Å². The van der Waals surface area contributed by atoms with Crippen LogP contribution in [0, 0.1) is 0 Å². The van der Waals surface area contributed by atoms with Gasteiger partial charge in [0.15, 0.2) is 6.10 Å². The van der Waals surface area contributed by atoms with Gasteiger partial charge in [-0.3, -0.25) is 9.59 Å². The van der Waals surface area contributed by atoms with E-state index in [-0.39, 0.29) is 12.3 Å². The SMILES string of the molecule is COc1ccc(Cl)cc1NC(=O)[C@H](C)OC(=O)[C@H]1CCC(=O)N1. The van der Waals surface area contributed by atoms with Crippen LogP contribution in [0.1, 0.15) is 19.8 Å². The van der Waals surface area contributed by atoms with Crippen molar-refractivity contribution in [3.05, 3.63) is 23.2 Å². The first-order chi connectivity index (χ1) is 10.9. The molecule has 2 N–H and O–H groups in total. The first-order valence-corrected chi connectivity index (χ1v) is 7.42. The zero-order valence-electron chi connectivity index (χ0n) is 12.7. The van der Waals surface area contributed by atoms with Crippen LogP contribution in [0.25, 0.3) is 0 Å². The highest BCUT2D eigenvalue weighted by Crippen LogP contribution is 2.27. The maximum absolute atomic E-state index is 12.1. The van der Waals surface area contributed by atoms with Crippen molar-refractivity contribution in [1.29, 1.82) is 0 Å². The molecular weight excluding hydrogens is 324 g/mol. The average Bonchev–Trinajstić information content (AvgIpc) is 2.94. The summed E-state index contributed by atoms with van der Waals surface area (Å²) in [4.78, 5) is 35.1. The quantitative estimate of drug-likeness (QED) is 0.792. The van der Waals surface area contributed by atoms with Gasteiger partial charge in [0.25, 0.3) is 5.91 Å². The molecule has 2 amide bonds. The minimum atomic E-state index is -1.02.